The normalized spacial score (nSPS) is 11.9. The van der Waals surface area contributed by atoms with Crippen LogP contribution in [0.4, 0.5) is 18.9 Å². The Bertz CT molecular complexity index is 556. The van der Waals surface area contributed by atoms with E-state index in [1.807, 2.05) is 30.8 Å². The molecule has 0 aliphatic carbocycles. The van der Waals surface area contributed by atoms with Crippen molar-refractivity contribution >= 4 is 5.69 Å². The van der Waals surface area contributed by atoms with Gasteiger partial charge < -0.3 is 5.32 Å². The van der Waals surface area contributed by atoms with Crippen LogP contribution in [0.3, 0.4) is 0 Å². The second-order valence-corrected chi connectivity index (χ2v) is 4.81. The second-order valence-electron chi connectivity index (χ2n) is 4.81. The zero-order valence-electron chi connectivity index (χ0n) is 11.3. The minimum Gasteiger partial charge on any atom is -0.379 e. The minimum absolute atomic E-state index is 0.287. The molecule has 0 bridgehead atoms. The van der Waals surface area contributed by atoms with Gasteiger partial charge in [-0.1, -0.05) is 0 Å². The van der Waals surface area contributed by atoms with E-state index in [2.05, 4.69) is 10.4 Å². The van der Waals surface area contributed by atoms with Crippen molar-refractivity contribution in [2.24, 2.45) is 0 Å². The third-order valence-electron chi connectivity index (χ3n) is 2.88. The number of hydrogen-bond donors (Lipinski definition) is 1. The lowest BCUT2D eigenvalue weighted by Gasteiger charge is -2.09. The summed E-state index contributed by atoms with van der Waals surface area (Å²) in [7, 11) is 0. The molecule has 0 aliphatic heterocycles. The van der Waals surface area contributed by atoms with Crippen molar-refractivity contribution in [2.75, 3.05) is 5.32 Å². The standard InChI is InChI=1S/C14H16F3N3/c1-10(2)20-8-7-13(19-20)9-18-12-5-3-11(4-6-12)14(15,16)17/h3-8,10,18H,9H2,1-2H3. The quantitative estimate of drug-likeness (QED) is 0.915. The van der Waals surface area contributed by atoms with Gasteiger partial charge >= 0.3 is 6.18 Å². The molecule has 0 fully saturated rings. The number of nitrogens with one attached hydrogen (secondary N) is 1. The first-order valence-corrected chi connectivity index (χ1v) is 6.31. The number of anilines is 1. The highest BCUT2D eigenvalue weighted by molar-refractivity contribution is 5.45. The van der Waals surface area contributed by atoms with Gasteiger partial charge in [-0.3, -0.25) is 4.68 Å². The van der Waals surface area contributed by atoms with Gasteiger partial charge in [0, 0.05) is 17.9 Å². The summed E-state index contributed by atoms with van der Waals surface area (Å²) >= 11 is 0. The van der Waals surface area contributed by atoms with Gasteiger partial charge in [0.05, 0.1) is 17.8 Å². The Labute approximate surface area is 115 Å². The topological polar surface area (TPSA) is 29.9 Å². The monoisotopic (exact) mass is 283 g/mol. The van der Waals surface area contributed by atoms with E-state index in [-0.39, 0.29) is 6.04 Å². The SMILES string of the molecule is CC(C)n1ccc(CNc2ccc(C(F)(F)F)cc2)n1. The summed E-state index contributed by atoms with van der Waals surface area (Å²) in [6.45, 7) is 4.53. The summed E-state index contributed by atoms with van der Waals surface area (Å²) in [4.78, 5) is 0. The Hall–Kier alpha value is -1.98. The lowest BCUT2D eigenvalue weighted by atomic mass is 10.2. The zero-order chi connectivity index (χ0) is 14.8. The van der Waals surface area contributed by atoms with Crippen LogP contribution >= 0.6 is 0 Å². The van der Waals surface area contributed by atoms with Crippen LogP contribution in [0.5, 0.6) is 0 Å². The molecule has 0 saturated carbocycles. The van der Waals surface area contributed by atoms with Crippen molar-refractivity contribution in [1.82, 2.24) is 9.78 Å². The smallest absolute Gasteiger partial charge is 0.379 e. The van der Waals surface area contributed by atoms with Crippen LogP contribution in [-0.4, -0.2) is 9.78 Å². The molecule has 1 aromatic heterocycles. The second kappa shape index (κ2) is 5.56. The van der Waals surface area contributed by atoms with Crippen LogP contribution in [0.25, 0.3) is 0 Å². The number of hydrogen-bond acceptors (Lipinski definition) is 2. The zero-order valence-corrected chi connectivity index (χ0v) is 11.3. The van der Waals surface area contributed by atoms with Gasteiger partial charge in [0.1, 0.15) is 0 Å². The predicted molar refractivity (Wildman–Crippen MR) is 71.4 cm³/mol. The first-order chi connectivity index (χ1) is 9.36. The molecule has 2 rings (SSSR count). The van der Waals surface area contributed by atoms with E-state index in [4.69, 9.17) is 0 Å². The molecule has 1 N–H and O–H groups in total. The number of alkyl halides is 3. The molecule has 20 heavy (non-hydrogen) atoms. The van der Waals surface area contributed by atoms with Crippen LogP contribution in [-0.2, 0) is 12.7 Å². The number of aromatic nitrogens is 2. The van der Waals surface area contributed by atoms with E-state index >= 15 is 0 Å². The summed E-state index contributed by atoms with van der Waals surface area (Å²) in [6, 6.07) is 7.14. The molecule has 1 heterocycles. The molecule has 0 atom stereocenters. The van der Waals surface area contributed by atoms with Crippen LogP contribution in [0, 0.1) is 0 Å². The first kappa shape index (κ1) is 14.4. The van der Waals surface area contributed by atoms with E-state index in [1.54, 1.807) is 0 Å². The molecule has 0 amide bonds. The van der Waals surface area contributed by atoms with Crippen LogP contribution in [0.1, 0.15) is 31.1 Å². The van der Waals surface area contributed by atoms with E-state index in [9.17, 15) is 13.2 Å². The van der Waals surface area contributed by atoms with Gasteiger partial charge in [-0.15, -0.1) is 0 Å². The van der Waals surface area contributed by atoms with Crippen LogP contribution in [0.2, 0.25) is 0 Å². The Balaban J connectivity index is 1.97. The van der Waals surface area contributed by atoms with Gasteiger partial charge in [0.2, 0.25) is 0 Å². The fraction of sp³-hybridized carbons (Fsp3) is 0.357. The maximum atomic E-state index is 12.4. The maximum Gasteiger partial charge on any atom is 0.416 e. The van der Waals surface area contributed by atoms with Crippen molar-refractivity contribution in [3.05, 3.63) is 47.8 Å². The largest absolute Gasteiger partial charge is 0.416 e. The third-order valence-corrected chi connectivity index (χ3v) is 2.88. The average molecular weight is 283 g/mol. The lowest BCUT2D eigenvalue weighted by Crippen LogP contribution is -2.06. The van der Waals surface area contributed by atoms with Crippen molar-refractivity contribution < 1.29 is 13.2 Å². The van der Waals surface area contributed by atoms with E-state index < -0.39 is 11.7 Å². The summed E-state index contributed by atoms with van der Waals surface area (Å²) in [5.41, 5.74) is 0.836. The molecule has 0 spiro atoms. The summed E-state index contributed by atoms with van der Waals surface area (Å²) in [5.74, 6) is 0. The summed E-state index contributed by atoms with van der Waals surface area (Å²) < 4.78 is 39.1. The molecule has 0 saturated heterocycles. The molecule has 108 valence electrons. The van der Waals surface area contributed by atoms with Gasteiger partial charge in [-0.25, -0.2) is 0 Å². The predicted octanol–water partition coefficient (Wildman–Crippen LogP) is 4.09. The Kier molecular flexibility index (Phi) is 4.01. The maximum absolute atomic E-state index is 12.4. The average Bonchev–Trinajstić information content (AvgIpc) is 2.85. The molecule has 0 unspecified atom stereocenters. The van der Waals surface area contributed by atoms with Gasteiger partial charge in [-0.05, 0) is 44.2 Å². The third kappa shape index (κ3) is 3.53. The Morgan fingerprint density at radius 2 is 1.80 bits per heavy atom. The fourth-order valence-corrected chi connectivity index (χ4v) is 1.73. The van der Waals surface area contributed by atoms with Crippen LogP contribution < -0.4 is 5.32 Å². The molecular weight excluding hydrogens is 267 g/mol. The fourth-order valence-electron chi connectivity index (χ4n) is 1.73. The van der Waals surface area contributed by atoms with Crippen LogP contribution in [0.15, 0.2) is 36.5 Å². The van der Waals surface area contributed by atoms with Gasteiger partial charge in [0.15, 0.2) is 0 Å². The minimum atomic E-state index is -4.30. The Morgan fingerprint density at radius 3 is 2.30 bits per heavy atom. The lowest BCUT2D eigenvalue weighted by molar-refractivity contribution is -0.137. The van der Waals surface area contributed by atoms with E-state index in [0.717, 1.165) is 17.8 Å². The number of nitrogens with zero attached hydrogens (tertiary/aromatic N) is 2. The molecule has 6 heteroatoms. The Morgan fingerprint density at radius 1 is 1.15 bits per heavy atom. The highest BCUT2D eigenvalue weighted by Gasteiger charge is 2.29. The summed E-state index contributed by atoms with van der Waals surface area (Å²) in [6.07, 6.45) is -2.41. The molecule has 0 aliphatic rings. The highest BCUT2D eigenvalue weighted by Crippen LogP contribution is 2.29. The number of benzene rings is 1. The molecule has 0 radical (unpaired) electrons. The number of rotatable bonds is 4. The van der Waals surface area contributed by atoms with E-state index in [0.29, 0.717) is 12.2 Å². The summed E-state index contributed by atoms with van der Waals surface area (Å²) in [5, 5.41) is 7.40. The van der Waals surface area contributed by atoms with E-state index in [1.165, 1.54) is 12.1 Å². The van der Waals surface area contributed by atoms with Crippen molar-refractivity contribution in [2.45, 2.75) is 32.6 Å². The molecule has 3 nitrogen and oxygen atoms in total. The number of halogens is 3. The first-order valence-electron chi connectivity index (χ1n) is 6.31. The molecule has 2 aromatic rings. The van der Waals surface area contributed by atoms with Gasteiger partial charge in [-0.2, -0.15) is 18.3 Å². The van der Waals surface area contributed by atoms with Crippen molar-refractivity contribution in [3.63, 3.8) is 0 Å². The van der Waals surface area contributed by atoms with Crippen molar-refractivity contribution in [1.29, 1.82) is 0 Å². The highest BCUT2D eigenvalue weighted by atomic mass is 19.4. The molecule has 1 aromatic carbocycles. The van der Waals surface area contributed by atoms with Gasteiger partial charge in [0.25, 0.3) is 0 Å². The van der Waals surface area contributed by atoms with Crippen molar-refractivity contribution in [3.8, 4) is 0 Å². The molecular formula is C14H16F3N3.